The van der Waals surface area contributed by atoms with Crippen molar-refractivity contribution in [2.24, 2.45) is 0 Å². The number of hydrogen-bond acceptors (Lipinski definition) is 1. The van der Waals surface area contributed by atoms with Crippen LogP contribution in [0, 0.1) is 0 Å². The lowest BCUT2D eigenvalue weighted by atomic mass is 9.93. The van der Waals surface area contributed by atoms with Crippen LogP contribution >= 0.6 is 24.0 Å². The molecule has 1 nitrogen and oxygen atoms in total. The molecule has 0 bridgehead atoms. The van der Waals surface area contributed by atoms with E-state index in [1.165, 1.54) is 24.0 Å². The Morgan fingerprint density at radius 3 is 3.08 bits per heavy atom. The van der Waals surface area contributed by atoms with Crippen molar-refractivity contribution in [1.29, 1.82) is 0 Å². The van der Waals surface area contributed by atoms with Crippen LogP contribution in [0.4, 0.5) is 0 Å². The Morgan fingerprint density at radius 2 is 2.33 bits per heavy atom. The molecule has 1 aliphatic rings. The third kappa shape index (κ3) is 1.73. The number of pyridine rings is 1. The van der Waals surface area contributed by atoms with Gasteiger partial charge in [0.2, 0.25) is 0 Å². The van der Waals surface area contributed by atoms with Crippen LogP contribution in [0.2, 0.25) is 0 Å². The molecule has 0 saturated heterocycles. The van der Waals surface area contributed by atoms with E-state index in [0.29, 0.717) is 0 Å². The Bertz CT molecular complexity index is 262. The standard InChI is InChI=1S/C9H10ClN.ClH/c10-9-3-1-2-7-4-5-11-6-8(7)9;/h4-6,9H,1-3H2;1H. The van der Waals surface area contributed by atoms with Gasteiger partial charge in [-0.15, -0.1) is 24.0 Å². The summed E-state index contributed by atoms with van der Waals surface area (Å²) in [7, 11) is 0. The minimum absolute atomic E-state index is 0. The third-order valence-corrected chi connectivity index (χ3v) is 2.64. The van der Waals surface area contributed by atoms with E-state index >= 15 is 0 Å². The van der Waals surface area contributed by atoms with Crippen molar-refractivity contribution >= 4 is 24.0 Å². The van der Waals surface area contributed by atoms with Gasteiger partial charge in [-0.25, -0.2) is 0 Å². The summed E-state index contributed by atoms with van der Waals surface area (Å²) in [5, 5.41) is 0.201. The van der Waals surface area contributed by atoms with Crippen LogP contribution in [0.1, 0.15) is 29.3 Å². The summed E-state index contributed by atoms with van der Waals surface area (Å²) in [6, 6.07) is 2.07. The van der Waals surface area contributed by atoms with Crippen LogP contribution in [0.25, 0.3) is 0 Å². The number of hydrogen-bond donors (Lipinski definition) is 0. The molecule has 0 spiro atoms. The number of alkyl halides is 1. The minimum Gasteiger partial charge on any atom is -0.264 e. The van der Waals surface area contributed by atoms with Gasteiger partial charge in [-0.3, -0.25) is 4.98 Å². The molecule has 1 aliphatic carbocycles. The monoisotopic (exact) mass is 203 g/mol. The highest BCUT2D eigenvalue weighted by Gasteiger charge is 2.16. The van der Waals surface area contributed by atoms with Crippen LogP contribution in [0.5, 0.6) is 0 Å². The highest BCUT2D eigenvalue weighted by atomic mass is 35.5. The number of halogens is 2. The Balaban J connectivity index is 0.000000720. The smallest absolute Gasteiger partial charge is 0.0603 e. The normalized spacial score (nSPS) is 20.9. The van der Waals surface area contributed by atoms with Gasteiger partial charge < -0.3 is 0 Å². The number of aryl methyl sites for hydroxylation is 1. The zero-order chi connectivity index (χ0) is 7.68. The van der Waals surface area contributed by atoms with Crippen molar-refractivity contribution in [1.82, 2.24) is 4.98 Å². The average Bonchev–Trinajstić information content (AvgIpc) is 2.06. The maximum absolute atomic E-state index is 6.11. The zero-order valence-corrected chi connectivity index (χ0v) is 8.24. The molecule has 2 rings (SSSR count). The fourth-order valence-electron chi connectivity index (χ4n) is 1.57. The van der Waals surface area contributed by atoms with Crippen molar-refractivity contribution in [3.8, 4) is 0 Å². The molecule has 0 saturated carbocycles. The van der Waals surface area contributed by atoms with Crippen molar-refractivity contribution < 1.29 is 0 Å². The second-order valence-corrected chi connectivity index (χ2v) is 3.46. The average molecular weight is 204 g/mol. The number of aromatic nitrogens is 1. The lowest BCUT2D eigenvalue weighted by Gasteiger charge is -2.19. The second kappa shape index (κ2) is 4.11. The SMILES string of the molecule is Cl.ClC1CCCc2ccncc21. The van der Waals surface area contributed by atoms with Crippen molar-refractivity contribution in [2.45, 2.75) is 24.6 Å². The first-order valence-corrected chi connectivity index (χ1v) is 4.38. The van der Waals surface area contributed by atoms with Crippen LogP contribution in [-0.2, 0) is 6.42 Å². The summed E-state index contributed by atoms with van der Waals surface area (Å²) in [4.78, 5) is 4.06. The van der Waals surface area contributed by atoms with Crippen LogP contribution < -0.4 is 0 Å². The molecule has 1 heterocycles. The van der Waals surface area contributed by atoms with Gasteiger partial charge in [-0.05, 0) is 36.5 Å². The Hall–Kier alpha value is -0.270. The topological polar surface area (TPSA) is 12.9 Å². The molecule has 0 radical (unpaired) electrons. The fraction of sp³-hybridized carbons (Fsp3) is 0.444. The molecule has 3 heteroatoms. The summed E-state index contributed by atoms with van der Waals surface area (Å²) < 4.78 is 0. The third-order valence-electron chi connectivity index (χ3n) is 2.19. The van der Waals surface area contributed by atoms with Crippen molar-refractivity contribution in [3.63, 3.8) is 0 Å². The van der Waals surface area contributed by atoms with Crippen LogP contribution in [0.15, 0.2) is 18.5 Å². The first kappa shape index (κ1) is 9.82. The zero-order valence-electron chi connectivity index (χ0n) is 6.66. The van der Waals surface area contributed by atoms with E-state index in [4.69, 9.17) is 11.6 Å². The quantitative estimate of drug-likeness (QED) is 0.591. The summed E-state index contributed by atoms with van der Waals surface area (Å²) in [6.07, 6.45) is 7.21. The Kier molecular flexibility index (Phi) is 3.36. The number of nitrogens with zero attached hydrogens (tertiary/aromatic N) is 1. The van der Waals surface area contributed by atoms with E-state index in [-0.39, 0.29) is 17.8 Å². The van der Waals surface area contributed by atoms with Gasteiger partial charge >= 0.3 is 0 Å². The molecular formula is C9H11Cl2N. The largest absolute Gasteiger partial charge is 0.264 e. The first-order chi connectivity index (χ1) is 5.38. The molecule has 0 N–H and O–H groups in total. The Morgan fingerprint density at radius 1 is 1.50 bits per heavy atom. The van der Waals surface area contributed by atoms with Crippen LogP contribution in [-0.4, -0.2) is 4.98 Å². The van der Waals surface area contributed by atoms with E-state index in [1.807, 2.05) is 12.4 Å². The molecule has 12 heavy (non-hydrogen) atoms. The summed E-state index contributed by atoms with van der Waals surface area (Å²) in [6.45, 7) is 0. The van der Waals surface area contributed by atoms with Gasteiger partial charge in [0.15, 0.2) is 0 Å². The van der Waals surface area contributed by atoms with Crippen molar-refractivity contribution in [3.05, 3.63) is 29.6 Å². The highest BCUT2D eigenvalue weighted by molar-refractivity contribution is 6.20. The minimum atomic E-state index is 0. The lowest BCUT2D eigenvalue weighted by Crippen LogP contribution is -2.05. The summed E-state index contributed by atoms with van der Waals surface area (Å²) in [5.74, 6) is 0. The molecule has 1 atom stereocenters. The maximum atomic E-state index is 6.11. The molecule has 1 aromatic rings. The predicted molar refractivity (Wildman–Crippen MR) is 53.0 cm³/mol. The predicted octanol–water partition coefficient (Wildman–Crippen LogP) is 3.12. The summed E-state index contributed by atoms with van der Waals surface area (Å²) >= 11 is 6.11. The van der Waals surface area contributed by atoms with Gasteiger partial charge in [0.1, 0.15) is 0 Å². The first-order valence-electron chi connectivity index (χ1n) is 3.95. The molecule has 0 amide bonds. The molecular weight excluding hydrogens is 193 g/mol. The van der Waals surface area contributed by atoms with Gasteiger partial charge in [0.25, 0.3) is 0 Å². The van der Waals surface area contributed by atoms with Gasteiger partial charge in [-0.1, -0.05) is 0 Å². The Labute approximate surface area is 83.6 Å². The second-order valence-electron chi connectivity index (χ2n) is 2.93. The van der Waals surface area contributed by atoms with E-state index < -0.39 is 0 Å². The van der Waals surface area contributed by atoms with E-state index in [9.17, 15) is 0 Å². The number of rotatable bonds is 0. The highest BCUT2D eigenvalue weighted by Crippen LogP contribution is 2.33. The van der Waals surface area contributed by atoms with E-state index in [2.05, 4.69) is 11.1 Å². The van der Waals surface area contributed by atoms with Gasteiger partial charge in [-0.2, -0.15) is 0 Å². The van der Waals surface area contributed by atoms with Crippen LogP contribution in [0.3, 0.4) is 0 Å². The molecule has 1 aromatic heterocycles. The molecule has 0 fully saturated rings. The fourth-order valence-corrected chi connectivity index (χ4v) is 1.92. The number of fused-ring (bicyclic) bond motifs is 1. The molecule has 0 aromatic carbocycles. The van der Waals surface area contributed by atoms with E-state index in [1.54, 1.807) is 0 Å². The lowest BCUT2D eigenvalue weighted by molar-refractivity contribution is 0.664. The molecule has 0 aliphatic heterocycles. The van der Waals surface area contributed by atoms with Crippen molar-refractivity contribution in [2.75, 3.05) is 0 Å². The maximum Gasteiger partial charge on any atom is 0.0603 e. The summed E-state index contributed by atoms with van der Waals surface area (Å²) in [5.41, 5.74) is 2.62. The van der Waals surface area contributed by atoms with Gasteiger partial charge in [0, 0.05) is 12.4 Å². The molecule has 66 valence electrons. The molecule has 1 unspecified atom stereocenters. The van der Waals surface area contributed by atoms with E-state index in [0.717, 1.165) is 6.42 Å². The van der Waals surface area contributed by atoms with Gasteiger partial charge in [0.05, 0.1) is 5.38 Å².